The van der Waals surface area contributed by atoms with E-state index in [1.165, 1.54) is 44.9 Å². The van der Waals surface area contributed by atoms with E-state index in [0.717, 1.165) is 57.8 Å². The molecule has 0 aromatic rings. The summed E-state index contributed by atoms with van der Waals surface area (Å²) in [5.74, 6) is -0.346. The van der Waals surface area contributed by atoms with Crippen LogP contribution in [0.1, 0.15) is 129 Å². The monoisotopic (exact) mass is 533 g/mol. The summed E-state index contributed by atoms with van der Waals surface area (Å²) in [5, 5.41) is 32.7. The van der Waals surface area contributed by atoms with Crippen molar-refractivity contribution in [1.29, 1.82) is 0 Å². The van der Waals surface area contributed by atoms with Gasteiger partial charge in [0.15, 0.2) is 0 Å². The van der Waals surface area contributed by atoms with Gasteiger partial charge in [0, 0.05) is 0 Å². The van der Waals surface area contributed by atoms with E-state index in [0.29, 0.717) is 6.42 Å². The number of nitrogens with one attached hydrogen (secondary N) is 1. The van der Waals surface area contributed by atoms with Crippen LogP contribution in [0.15, 0.2) is 48.6 Å². The summed E-state index contributed by atoms with van der Waals surface area (Å²) in [5.41, 5.74) is 0. The van der Waals surface area contributed by atoms with Gasteiger partial charge in [-0.25, -0.2) is 0 Å². The van der Waals surface area contributed by atoms with Gasteiger partial charge in [0.1, 0.15) is 0 Å². The predicted octanol–water partition coefficient (Wildman–Crippen LogP) is 7.47. The zero-order chi connectivity index (χ0) is 28.1. The quantitative estimate of drug-likeness (QED) is 0.0686. The highest BCUT2D eigenvalue weighted by atomic mass is 16.3. The minimum Gasteiger partial charge on any atom is -0.394 e. The van der Waals surface area contributed by atoms with Gasteiger partial charge >= 0.3 is 0 Å². The molecule has 0 aromatic heterocycles. The lowest BCUT2D eigenvalue weighted by molar-refractivity contribution is -0.124. The molecule has 0 heterocycles. The highest BCUT2D eigenvalue weighted by Gasteiger charge is 2.19. The maximum atomic E-state index is 12.3. The summed E-state index contributed by atoms with van der Waals surface area (Å²) < 4.78 is 0. The van der Waals surface area contributed by atoms with Crippen LogP contribution in [0, 0.1) is 0 Å². The first-order valence-corrected chi connectivity index (χ1v) is 15.4. The van der Waals surface area contributed by atoms with E-state index in [9.17, 15) is 20.1 Å². The summed E-state index contributed by atoms with van der Waals surface area (Å²) in [7, 11) is 0. The molecule has 0 aromatic carbocycles. The zero-order valence-corrected chi connectivity index (χ0v) is 24.5. The fourth-order valence-electron chi connectivity index (χ4n) is 4.13. The first-order valence-electron chi connectivity index (χ1n) is 15.4. The number of unbranched alkanes of at least 4 members (excludes halogenated alkanes) is 11. The Morgan fingerprint density at radius 2 is 1.13 bits per heavy atom. The van der Waals surface area contributed by atoms with E-state index >= 15 is 0 Å². The fourth-order valence-corrected chi connectivity index (χ4v) is 4.13. The second-order valence-electron chi connectivity index (χ2n) is 10.3. The molecule has 0 saturated carbocycles. The average molecular weight is 534 g/mol. The molecule has 5 heteroatoms. The van der Waals surface area contributed by atoms with Gasteiger partial charge < -0.3 is 20.6 Å². The molecule has 4 N–H and O–H groups in total. The summed E-state index contributed by atoms with van der Waals surface area (Å²) in [4.78, 5) is 12.3. The van der Waals surface area contributed by atoms with Gasteiger partial charge in [0.25, 0.3) is 0 Å². The third-order valence-corrected chi connectivity index (χ3v) is 6.57. The predicted molar refractivity (Wildman–Crippen MR) is 162 cm³/mol. The maximum absolute atomic E-state index is 12.3. The van der Waals surface area contributed by atoms with Gasteiger partial charge in [-0.2, -0.15) is 0 Å². The van der Waals surface area contributed by atoms with Crippen molar-refractivity contribution < 1.29 is 20.1 Å². The highest BCUT2D eigenvalue weighted by molar-refractivity contribution is 5.76. The third kappa shape index (κ3) is 24.6. The van der Waals surface area contributed by atoms with E-state index in [1.807, 2.05) is 6.08 Å². The standard InChI is InChI=1S/C33H59NO4/c1-3-5-7-9-11-13-15-16-17-19-21-23-25-27-32(37)31(29-35)34-33(38)28-30(36)26-24-22-20-18-14-12-10-8-6-4-2/h11-14,17,19,25,27,30-32,35-37H,3-10,15-16,18,20-24,26,28-29H2,1-2H3,(H,34,38)/b13-11+,14-12-,19-17+,27-25+. The maximum Gasteiger partial charge on any atom is 0.222 e. The molecule has 5 nitrogen and oxygen atoms in total. The highest BCUT2D eigenvalue weighted by Crippen LogP contribution is 2.10. The van der Waals surface area contributed by atoms with Gasteiger partial charge in [0.2, 0.25) is 5.91 Å². The van der Waals surface area contributed by atoms with Crippen LogP contribution in [-0.2, 0) is 4.79 Å². The molecule has 0 rings (SSSR count). The Bertz CT molecular complexity index is 641. The molecule has 3 unspecified atom stereocenters. The molecule has 0 fully saturated rings. The molecular formula is C33H59NO4. The van der Waals surface area contributed by atoms with Crippen molar-refractivity contribution in [2.75, 3.05) is 6.61 Å². The van der Waals surface area contributed by atoms with Crippen molar-refractivity contribution in [3.8, 4) is 0 Å². The first-order chi connectivity index (χ1) is 18.5. The van der Waals surface area contributed by atoms with Crippen LogP contribution in [0.4, 0.5) is 0 Å². The van der Waals surface area contributed by atoms with Gasteiger partial charge in [-0.1, -0.05) is 101 Å². The minimum atomic E-state index is -0.960. The Hall–Kier alpha value is -1.69. The van der Waals surface area contributed by atoms with E-state index in [-0.39, 0.29) is 18.9 Å². The first kappa shape index (κ1) is 36.3. The Labute approximate surface area is 234 Å². The zero-order valence-electron chi connectivity index (χ0n) is 24.5. The molecule has 3 atom stereocenters. The summed E-state index contributed by atoms with van der Waals surface area (Å²) in [6, 6.07) is -0.769. The smallest absolute Gasteiger partial charge is 0.222 e. The van der Waals surface area contributed by atoms with Crippen molar-refractivity contribution in [3.63, 3.8) is 0 Å². The van der Waals surface area contributed by atoms with Crippen LogP contribution in [0.3, 0.4) is 0 Å². The number of aliphatic hydroxyl groups is 3. The topological polar surface area (TPSA) is 89.8 Å². The molecule has 0 aliphatic heterocycles. The van der Waals surface area contributed by atoms with E-state index < -0.39 is 18.2 Å². The largest absolute Gasteiger partial charge is 0.394 e. The Morgan fingerprint density at radius 1 is 0.658 bits per heavy atom. The molecule has 0 spiro atoms. The molecule has 0 bridgehead atoms. The van der Waals surface area contributed by atoms with Gasteiger partial charge in [-0.05, 0) is 70.6 Å². The molecule has 0 aliphatic carbocycles. The molecule has 0 aliphatic rings. The normalized spacial score (nSPS) is 14.8. The van der Waals surface area contributed by atoms with Crippen LogP contribution in [0.5, 0.6) is 0 Å². The number of aliphatic hydroxyl groups excluding tert-OH is 3. The Morgan fingerprint density at radius 3 is 1.63 bits per heavy atom. The van der Waals surface area contributed by atoms with Crippen LogP contribution >= 0.6 is 0 Å². The van der Waals surface area contributed by atoms with Crippen molar-refractivity contribution in [1.82, 2.24) is 5.32 Å². The van der Waals surface area contributed by atoms with Crippen molar-refractivity contribution in [2.45, 2.75) is 148 Å². The molecule has 220 valence electrons. The number of amides is 1. The van der Waals surface area contributed by atoms with Crippen molar-refractivity contribution in [2.24, 2.45) is 0 Å². The van der Waals surface area contributed by atoms with Crippen molar-refractivity contribution in [3.05, 3.63) is 48.6 Å². The van der Waals surface area contributed by atoms with Crippen LogP contribution in [0.25, 0.3) is 0 Å². The van der Waals surface area contributed by atoms with Crippen molar-refractivity contribution >= 4 is 5.91 Å². The minimum absolute atomic E-state index is 0.0109. The number of hydrogen-bond acceptors (Lipinski definition) is 4. The summed E-state index contributed by atoms with van der Waals surface area (Å²) in [6.07, 6.45) is 33.7. The fraction of sp³-hybridized carbons (Fsp3) is 0.727. The Kier molecular flexibility index (Phi) is 27.1. The third-order valence-electron chi connectivity index (χ3n) is 6.57. The second kappa shape index (κ2) is 28.3. The number of carbonyl (C=O) groups is 1. The SMILES string of the molecule is CCCCC/C=C\CCCCCC(O)CC(=O)NC(CO)C(O)/C=C/CC/C=C/CC/C=C/CCCCC. The molecule has 1 amide bonds. The van der Waals surface area contributed by atoms with E-state index in [4.69, 9.17) is 0 Å². The van der Waals surface area contributed by atoms with E-state index in [2.05, 4.69) is 55.6 Å². The van der Waals surface area contributed by atoms with E-state index in [1.54, 1.807) is 6.08 Å². The molecular weight excluding hydrogens is 474 g/mol. The molecule has 38 heavy (non-hydrogen) atoms. The second-order valence-corrected chi connectivity index (χ2v) is 10.3. The number of allylic oxidation sites excluding steroid dienone is 7. The number of hydrogen-bond donors (Lipinski definition) is 4. The number of rotatable bonds is 26. The summed E-state index contributed by atoms with van der Waals surface area (Å²) >= 11 is 0. The lowest BCUT2D eigenvalue weighted by atomic mass is 10.1. The average Bonchev–Trinajstić information content (AvgIpc) is 2.90. The van der Waals surface area contributed by atoms with Gasteiger partial charge in [-0.3, -0.25) is 4.79 Å². The molecule has 0 saturated heterocycles. The lowest BCUT2D eigenvalue weighted by Crippen LogP contribution is -2.45. The van der Waals surface area contributed by atoms with Crippen LogP contribution < -0.4 is 5.32 Å². The number of carbonyl (C=O) groups excluding carboxylic acids is 1. The lowest BCUT2D eigenvalue weighted by Gasteiger charge is -2.20. The molecule has 0 radical (unpaired) electrons. The Balaban J connectivity index is 3.95. The van der Waals surface area contributed by atoms with Gasteiger partial charge in [0.05, 0.1) is 31.3 Å². The summed E-state index contributed by atoms with van der Waals surface area (Å²) in [6.45, 7) is 4.08. The van der Waals surface area contributed by atoms with Gasteiger partial charge in [-0.15, -0.1) is 0 Å². The van der Waals surface area contributed by atoms with Crippen LogP contribution in [0.2, 0.25) is 0 Å². The van der Waals surface area contributed by atoms with Crippen LogP contribution in [-0.4, -0.2) is 46.1 Å².